The number of hydrogen-bond donors (Lipinski definition) is 1. The summed E-state index contributed by atoms with van der Waals surface area (Å²) in [6, 6.07) is 18.3. The number of nitrogens with one attached hydrogen (secondary N) is 1. The van der Waals surface area contributed by atoms with Crippen LogP contribution in [0.15, 0.2) is 54.6 Å². The highest BCUT2D eigenvalue weighted by Crippen LogP contribution is 2.34. The van der Waals surface area contributed by atoms with Gasteiger partial charge in [0, 0.05) is 36.7 Å². The topological polar surface area (TPSA) is 41.6 Å². The molecule has 4 nitrogen and oxygen atoms in total. The number of carbonyl (C=O) groups is 1. The average molecular weight is 401 g/mol. The molecule has 1 aliphatic rings. The number of amides is 1. The van der Waals surface area contributed by atoms with Crippen molar-refractivity contribution in [1.29, 1.82) is 0 Å². The van der Waals surface area contributed by atoms with Gasteiger partial charge in [-0.15, -0.1) is 0 Å². The van der Waals surface area contributed by atoms with Crippen molar-refractivity contribution in [3.05, 3.63) is 70.7 Å². The van der Waals surface area contributed by atoms with E-state index in [1.165, 1.54) is 5.56 Å². The van der Waals surface area contributed by atoms with Gasteiger partial charge in [-0.2, -0.15) is 0 Å². The van der Waals surface area contributed by atoms with Gasteiger partial charge in [0.25, 0.3) is 0 Å². The number of rotatable bonds is 8. The third-order valence-electron chi connectivity index (χ3n) is 5.57. The van der Waals surface area contributed by atoms with Crippen LogP contribution in [0, 0.1) is 0 Å². The maximum absolute atomic E-state index is 12.7. The Hall–Kier alpha value is -1.88. The van der Waals surface area contributed by atoms with E-state index in [0.29, 0.717) is 19.6 Å². The summed E-state index contributed by atoms with van der Waals surface area (Å²) in [5.74, 6) is 0.0608. The molecule has 0 bridgehead atoms. The van der Waals surface area contributed by atoms with Crippen LogP contribution in [0.25, 0.3) is 0 Å². The number of halogens is 1. The molecule has 5 heteroatoms. The molecule has 3 rings (SSSR count). The Morgan fingerprint density at radius 3 is 2.57 bits per heavy atom. The summed E-state index contributed by atoms with van der Waals surface area (Å²) in [4.78, 5) is 14.8. The minimum absolute atomic E-state index is 0.0425. The van der Waals surface area contributed by atoms with Crippen molar-refractivity contribution in [3.63, 3.8) is 0 Å². The smallest absolute Gasteiger partial charge is 0.234 e. The van der Waals surface area contributed by atoms with E-state index in [4.69, 9.17) is 16.3 Å². The molecule has 0 unspecified atom stereocenters. The van der Waals surface area contributed by atoms with Gasteiger partial charge in [0.1, 0.15) is 0 Å². The number of nitrogens with zero attached hydrogens (tertiary/aromatic N) is 1. The van der Waals surface area contributed by atoms with Gasteiger partial charge in [-0.1, -0.05) is 61.0 Å². The van der Waals surface area contributed by atoms with Crippen molar-refractivity contribution in [2.45, 2.75) is 31.7 Å². The first kappa shape index (κ1) is 20.8. The van der Waals surface area contributed by atoms with Crippen molar-refractivity contribution >= 4 is 17.5 Å². The highest BCUT2D eigenvalue weighted by molar-refractivity contribution is 6.30. The van der Waals surface area contributed by atoms with Crippen molar-refractivity contribution < 1.29 is 9.53 Å². The van der Waals surface area contributed by atoms with Gasteiger partial charge in [-0.3, -0.25) is 9.69 Å². The maximum atomic E-state index is 12.7. The van der Waals surface area contributed by atoms with Crippen LogP contribution < -0.4 is 5.32 Å². The Morgan fingerprint density at radius 2 is 1.89 bits per heavy atom. The number of ether oxygens (including phenoxy) is 1. The zero-order valence-corrected chi connectivity index (χ0v) is 17.3. The second-order valence-corrected chi connectivity index (χ2v) is 7.91. The SMILES string of the molecule is CCN(CC(=O)NCC1(c2ccccc2)CCOCC1)Cc1cccc(Cl)c1. The van der Waals surface area contributed by atoms with E-state index in [1.54, 1.807) is 0 Å². The van der Waals surface area contributed by atoms with E-state index in [2.05, 4.69) is 41.4 Å². The number of hydrogen-bond acceptors (Lipinski definition) is 3. The van der Waals surface area contributed by atoms with Gasteiger partial charge >= 0.3 is 0 Å². The highest BCUT2D eigenvalue weighted by atomic mass is 35.5. The van der Waals surface area contributed by atoms with Gasteiger partial charge < -0.3 is 10.1 Å². The van der Waals surface area contributed by atoms with E-state index in [9.17, 15) is 4.79 Å². The first-order valence-electron chi connectivity index (χ1n) is 9.98. The Bertz CT molecular complexity index is 760. The Labute approximate surface area is 172 Å². The Balaban J connectivity index is 1.59. The van der Waals surface area contributed by atoms with Crippen molar-refractivity contribution in [1.82, 2.24) is 10.2 Å². The number of benzene rings is 2. The summed E-state index contributed by atoms with van der Waals surface area (Å²) < 4.78 is 5.58. The van der Waals surface area contributed by atoms with Crippen LogP contribution >= 0.6 is 11.6 Å². The first-order chi connectivity index (χ1) is 13.6. The van der Waals surface area contributed by atoms with E-state index in [1.807, 2.05) is 30.3 Å². The van der Waals surface area contributed by atoms with Crippen LogP contribution in [0.3, 0.4) is 0 Å². The normalized spacial score (nSPS) is 16.1. The Kier molecular flexibility index (Phi) is 7.49. The fourth-order valence-electron chi connectivity index (χ4n) is 3.82. The molecule has 0 aromatic heterocycles. The number of likely N-dealkylation sites (N-methyl/N-ethyl adjacent to an activating group) is 1. The summed E-state index contributed by atoms with van der Waals surface area (Å²) in [6.45, 7) is 6.08. The fraction of sp³-hybridized carbons (Fsp3) is 0.435. The summed E-state index contributed by atoms with van der Waals surface area (Å²) >= 11 is 6.08. The van der Waals surface area contributed by atoms with Gasteiger partial charge in [-0.25, -0.2) is 0 Å². The number of carbonyl (C=O) groups excluding carboxylic acids is 1. The summed E-state index contributed by atoms with van der Waals surface area (Å²) in [5, 5.41) is 3.92. The molecule has 0 aliphatic carbocycles. The molecular formula is C23H29ClN2O2. The summed E-state index contributed by atoms with van der Waals surface area (Å²) in [7, 11) is 0. The lowest BCUT2D eigenvalue weighted by atomic mass is 9.74. The van der Waals surface area contributed by atoms with Crippen LogP contribution in [0.4, 0.5) is 0 Å². The molecule has 1 amide bonds. The van der Waals surface area contributed by atoms with Crippen LogP contribution in [-0.2, 0) is 21.5 Å². The largest absolute Gasteiger partial charge is 0.381 e. The Morgan fingerprint density at radius 1 is 1.14 bits per heavy atom. The molecule has 1 N–H and O–H groups in total. The first-order valence-corrected chi connectivity index (χ1v) is 10.4. The standard InChI is InChI=1S/C23H29ClN2O2/c1-2-26(16-19-7-6-10-21(24)15-19)17-22(27)25-18-23(11-13-28-14-12-23)20-8-4-3-5-9-20/h3-10,15H,2,11-14,16-18H2,1H3,(H,25,27). The maximum Gasteiger partial charge on any atom is 0.234 e. The van der Waals surface area contributed by atoms with E-state index >= 15 is 0 Å². The lowest BCUT2D eigenvalue weighted by molar-refractivity contribution is -0.122. The molecule has 1 saturated heterocycles. The fourth-order valence-corrected chi connectivity index (χ4v) is 4.03. The van der Waals surface area contributed by atoms with E-state index < -0.39 is 0 Å². The van der Waals surface area contributed by atoms with E-state index in [-0.39, 0.29) is 11.3 Å². The van der Waals surface area contributed by atoms with Gasteiger partial charge in [-0.05, 0) is 42.6 Å². The highest BCUT2D eigenvalue weighted by Gasteiger charge is 2.34. The molecular weight excluding hydrogens is 372 g/mol. The molecule has 1 heterocycles. The van der Waals surface area contributed by atoms with E-state index in [0.717, 1.165) is 43.2 Å². The minimum atomic E-state index is -0.0425. The van der Waals surface area contributed by atoms with Gasteiger partial charge in [0.2, 0.25) is 5.91 Å². The monoisotopic (exact) mass is 400 g/mol. The minimum Gasteiger partial charge on any atom is -0.381 e. The van der Waals surface area contributed by atoms with Crippen molar-refractivity contribution in [2.24, 2.45) is 0 Å². The average Bonchev–Trinajstić information content (AvgIpc) is 2.73. The summed E-state index contributed by atoms with van der Waals surface area (Å²) in [5.41, 5.74) is 2.36. The molecule has 0 radical (unpaired) electrons. The molecule has 28 heavy (non-hydrogen) atoms. The molecule has 2 aromatic rings. The predicted octanol–water partition coefficient (Wildman–Crippen LogP) is 4.03. The molecule has 150 valence electrons. The van der Waals surface area contributed by atoms with Crippen LogP contribution in [-0.4, -0.2) is 43.7 Å². The molecule has 1 aliphatic heterocycles. The van der Waals surface area contributed by atoms with Gasteiger partial charge in [0.05, 0.1) is 6.54 Å². The second kappa shape index (κ2) is 10.1. The second-order valence-electron chi connectivity index (χ2n) is 7.47. The molecule has 2 aromatic carbocycles. The molecule has 0 atom stereocenters. The predicted molar refractivity (Wildman–Crippen MR) is 114 cm³/mol. The van der Waals surface area contributed by atoms with Crippen LogP contribution in [0.5, 0.6) is 0 Å². The van der Waals surface area contributed by atoms with Crippen LogP contribution in [0.2, 0.25) is 5.02 Å². The van der Waals surface area contributed by atoms with Crippen molar-refractivity contribution in [3.8, 4) is 0 Å². The summed E-state index contributed by atoms with van der Waals surface area (Å²) in [6.07, 6.45) is 1.86. The van der Waals surface area contributed by atoms with Gasteiger partial charge in [0.15, 0.2) is 0 Å². The lowest BCUT2D eigenvalue weighted by Crippen LogP contribution is -2.47. The molecule has 1 fully saturated rings. The third kappa shape index (κ3) is 5.57. The zero-order valence-electron chi connectivity index (χ0n) is 16.5. The zero-order chi connectivity index (χ0) is 19.8. The quantitative estimate of drug-likeness (QED) is 0.727. The van der Waals surface area contributed by atoms with Crippen molar-refractivity contribution in [2.75, 3.05) is 32.8 Å². The van der Waals surface area contributed by atoms with Crippen LogP contribution in [0.1, 0.15) is 30.9 Å². The molecule has 0 saturated carbocycles. The third-order valence-corrected chi connectivity index (χ3v) is 5.80. The molecule has 0 spiro atoms. The lowest BCUT2D eigenvalue weighted by Gasteiger charge is -2.38.